The Balaban J connectivity index is 0.00000289. The van der Waals surface area contributed by atoms with Crippen LogP contribution in [0.5, 0.6) is 0 Å². The van der Waals surface area contributed by atoms with Crippen LogP contribution in [0, 0.1) is 11.6 Å². The van der Waals surface area contributed by atoms with Crippen LogP contribution in [-0.4, -0.2) is 76.9 Å². The first kappa shape index (κ1) is 23.9. The minimum absolute atomic E-state index is 0. The summed E-state index contributed by atoms with van der Waals surface area (Å²) in [5.41, 5.74) is 1.08. The molecule has 0 unspecified atom stereocenters. The Labute approximate surface area is 201 Å². The van der Waals surface area contributed by atoms with Gasteiger partial charge >= 0.3 is 0 Å². The van der Waals surface area contributed by atoms with Crippen LogP contribution in [0.1, 0.15) is 0 Å². The molecular formula is C20H26F2IN9. The van der Waals surface area contributed by atoms with E-state index in [9.17, 15) is 8.78 Å². The summed E-state index contributed by atoms with van der Waals surface area (Å²) in [5.74, 6) is 0.669. The molecule has 4 rings (SSSR count). The number of nitrogens with zero attached hydrogens (tertiary/aromatic N) is 7. The van der Waals surface area contributed by atoms with Gasteiger partial charge in [-0.2, -0.15) is 5.10 Å². The number of piperazine rings is 1. The van der Waals surface area contributed by atoms with E-state index in [2.05, 4.69) is 35.6 Å². The third-order valence-electron chi connectivity index (χ3n) is 5.27. The summed E-state index contributed by atoms with van der Waals surface area (Å²) >= 11 is 0. The van der Waals surface area contributed by atoms with Gasteiger partial charge in [0, 0.05) is 59.4 Å². The predicted octanol–water partition coefficient (Wildman–Crippen LogP) is 2.07. The van der Waals surface area contributed by atoms with Crippen molar-refractivity contribution in [3.05, 3.63) is 42.4 Å². The molecule has 2 aromatic heterocycles. The smallest absolute Gasteiger partial charge is 0.193 e. The molecule has 0 spiro atoms. The van der Waals surface area contributed by atoms with Gasteiger partial charge in [-0.3, -0.25) is 9.67 Å². The molecule has 1 aliphatic heterocycles. The van der Waals surface area contributed by atoms with E-state index in [4.69, 9.17) is 0 Å². The van der Waals surface area contributed by atoms with Crippen LogP contribution in [-0.2, 0) is 7.05 Å². The highest BCUT2D eigenvalue weighted by molar-refractivity contribution is 14.0. The van der Waals surface area contributed by atoms with Crippen LogP contribution in [0.3, 0.4) is 0 Å². The lowest BCUT2D eigenvalue weighted by atomic mass is 10.2. The van der Waals surface area contributed by atoms with Crippen LogP contribution < -0.4 is 15.5 Å². The monoisotopic (exact) mass is 557 g/mol. The average molecular weight is 557 g/mol. The standard InChI is InChI=1S/C20H25F2N9.HI/c1-23-20(25-6-5-24-18-15-12-28-29(2)19(15)27-13-26-18)31-9-7-30(8-10-31)17-11-14(21)3-4-16(17)22;/h3-4,11-13H,5-10H2,1-2H3,(H,23,25)(H,24,26,27);1H. The molecular weight excluding hydrogens is 531 g/mol. The molecule has 1 aromatic carbocycles. The molecule has 1 aliphatic rings. The van der Waals surface area contributed by atoms with Gasteiger partial charge in [-0.1, -0.05) is 0 Å². The zero-order valence-corrected chi connectivity index (χ0v) is 20.3. The summed E-state index contributed by atoms with van der Waals surface area (Å²) in [7, 11) is 3.57. The minimum Gasteiger partial charge on any atom is -0.368 e. The predicted molar refractivity (Wildman–Crippen MR) is 132 cm³/mol. The number of nitrogens with one attached hydrogen (secondary N) is 2. The second-order valence-electron chi connectivity index (χ2n) is 7.20. The van der Waals surface area contributed by atoms with E-state index in [0.29, 0.717) is 45.0 Å². The number of benzene rings is 1. The van der Waals surface area contributed by atoms with E-state index in [-0.39, 0.29) is 24.0 Å². The van der Waals surface area contributed by atoms with E-state index in [1.807, 2.05) is 11.9 Å². The summed E-state index contributed by atoms with van der Waals surface area (Å²) in [6, 6.07) is 3.55. The van der Waals surface area contributed by atoms with Gasteiger partial charge in [-0.25, -0.2) is 18.7 Å². The second kappa shape index (κ2) is 10.7. The zero-order valence-electron chi connectivity index (χ0n) is 17.9. The molecule has 0 saturated carbocycles. The first-order valence-electron chi connectivity index (χ1n) is 10.1. The molecule has 3 heterocycles. The van der Waals surface area contributed by atoms with Crippen LogP contribution in [0.25, 0.3) is 11.0 Å². The van der Waals surface area contributed by atoms with Gasteiger partial charge in [0.05, 0.1) is 17.3 Å². The molecule has 0 atom stereocenters. The van der Waals surface area contributed by atoms with Crippen molar-refractivity contribution in [2.24, 2.45) is 12.0 Å². The zero-order chi connectivity index (χ0) is 21.8. The summed E-state index contributed by atoms with van der Waals surface area (Å²) < 4.78 is 29.2. The van der Waals surface area contributed by atoms with Crippen molar-refractivity contribution in [3.8, 4) is 0 Å². The van der Waals surface area contributed by atoms with E-state index in [1.165, 1.54) is 18.5 Å². The summed E-state index contributed by atoms with van der Waals surface area (Å²) in [4.78, 5) is 16.8. The van der Waals surface area contributed by atoms with Gasteiger partial charge in [-0.15, -0.1) is 24.0 Å². The number of aryl methyl sites for hydroxylation is 1. The molecule has 12 heteroatoms. The van der Waals surface area contributed by atoms with E-state index in [1.54, 1.807) is 17.9 Å². The van der Waals surface area contributed by atoms with Crippen LogP contribution in [0.4, 0.5) is 20.3 Å². The average Bonchev–Trinajstić information content (AvgIpc) is 3.17. The fraction of sp³-hybridized carbons (Fsp3) is 0.400. The number of aromatic nitrogens is 4. The number of rotatable bonds is 5. The third kappa shape index (κ3) is 5.16. The lowest BCUT2D eigenvalue weighted by molar-refractivity contribution is 0.371. The number of guanidine groups is 1. The van der Waals surface area contributed by atoms with Gasteiger partial charge in [0.25, 0.3) is 0 Å². The van der Waals surface area contributed by atoms with Crippen molar-refractivity contribution in [1.29, 1.82) is 0 Å². The van der Waals surface area contributed by atoms with Crippen LogP contribution in [0.2, 0.25) is 0 Å². The van der Waals surface area contributed by atoms with Crippen molar-refractivity contribution in [3.63, 3.8) is 0 Å². The number of halogens is 3. The molecule has 0 radical (unpaired) electrons. The lowest BCUT2D eigenvalue weighted by Crippen LogP contribution is -2.53. The molecule has 0 aliphatic carbocycles. The summed E-state index contributed by atoms with van der Waals surface area (Å²) in [5, 5.41) is 11.7. The largest absolute Gasteiger partial charge is 0.368 e. The SMILES string of the molecule is CN=C(NCCNc1ncnc2c1cnn2C)N1CCN(c2cc(F)ccc2F)CC1.I. The summed E-state index contributed by atoms with van der Waals surface area (Å²) in [6.45, 7) is 3.75. The number of aliphatic imine (C=N–C) groups is 1. The Kier molecular flexibility index (Phi) is 7.99. The fourth-order valence-corrected chi connectivity index (χ4v) is 3.68. The van der Waals surface area contributed by atoms with E-state index in [0.717, 1.165) is 28.9 Å². The molecule has 1 fully saturated rings. The first-order valence-corrected chi connectivity index (χ1v) is 10.1. The maximum absolute atomic E-state index is 14.0. The van der Waals surface area contributed by atoms with E-state index >= 15 is 0 Å². The topological polar surface area (TPSA) is 86.5 Å². The highest BCUT2D eigenvalue weighted by Gasteiger charge is 2.22. The molecule has 2 N–H and O–H groups in total. The third-order valence-corrected chi connectivity index (χ3v) is 5.27. The molecule has 9 nitrogen and oxygen atoms in total. The van der Waals surface area contributed by atoms with Crippen molar-refractivity contribution < 1.29 is 8.78 Å². The molecule has 3 aromatic rings. The number of hydrogen-bond donors (Lipinski definition) is 2. The Morgan fingerprint density at radius 1 is 1.12 bits per heavy atom. The number of hydrogen-bond acceptors (Lipinski definition) is 6. The normalized spacial score (nSPS) is 14.4. The highest BCUT2D eigenvalue weighted by atomic mass is 127. The van der Waals surface area contributed by atoms with Crippen LogP contribution in [0.15, 0.2) is 35.7 Å². The number of fused-ring (bicyclic) bond motifs is 1. The number of anilines is 2. The Bertz CT molecular complexity index is 1080. The molecule has 1 saturated heterocycles. The molecule has 172 valence electrons. The molecule has 32 heavy (non-hydrogen) atoms. The fourth-order valence-electron chi connectivity index (χ4n) is 3.68. The molecule has 0 bridgehead atoms. The van der Waals surface area contributed by atoms with Gasteiger partial charge < -0.3 is 20.4 Å². The van der Waals surface area contributed by atoms with Gasteiger partial charge in [0.15, 0.2) is 11.6 Å². The lowest BCUT2D eigenvalue weighted by Gasteiger charge is -2.37. The maximum Gasteiger partial charge on any atom is 0.193 e. The Morgan fingerprint density at radius 3 is 2.66 bits per heavy atom. The van der Waals surface area contributed by atoms with Crippen molar-refractivity contribution in [2.45, 2.75) is 0 Å². The van der Waals surface area contributed by atoms with Crippen LogP contribution >= 0.6 is 24.0 Å². The minimum atomic E-state index is -0.434. The van der Waals surface area contributed by atoms with Crippen molar-refractivity contribution in [2.75, 3.05) is 56.5 Å². The van der Waals surface area contributed by atoms with Gasteiger partial charge in [0.1, 0.15) is 23.8 Å². The quantitative estimate of drug-likeness (QED) is 0.215. The van der Waals surface area contributed by atoms with Gasteiger partial charge in [0.2, 0.25) is 0 Å². The Morgan fingerprint density at radius 2 is 1.91 bits per heavy atom. The molecule has 0 amide bonds. The van der Waals surface area contributed by atoms with Crippen molar-refractivity contribution in [1.82, 2.24) is 30.0 Å². The van der Waals surface area contributed by atoms with Gasteiger partial charge in [-0.05, 0) is 12.1 Å². The van der Waals surface area contributed by atoms with E-state index < -0.39 is 11.6 Å². The highest BCUT2D eigenvalue weighted by Crippen LogP contribution is 2.22. The summed E-state index contributed by atoms with van der Waals surface area (Å²) in [6.07, 6.45) is 3.25. The van der Waals surface area contributed by atoms with Crippen molar-refractivity contribution >= 4 is 52.5 Å². The Hall–Kier alpha value is -2.77. The second-order valence-corrected chi connectivity index (χ2v) is 7.20. The maximum atomic E-state index is 14.0. The first-order chi connectivity index (χ1) is 15.1.